The van der Waals surface area contributed by atoms with Crippen molar-refractivity contribution in [1.29, 1.82) is 10.5 Å². The number of ether oxygens (including phenoxy) is 1. The molecule has 0 radical (unpaired) electrons. The molecule has 1 heterocycles. The molecule has 0 unspecified atom stereocenters. The molecule has 0 bridgehead atoms. The molecule has 4 heteroatoms. The van der Waals surface area contributed by atoms with Gasteiger partial charge in [0.05, 0.1) is 11.1 Å². The second-order valence-electron chi connectivity index (χ2n) is 5.49. The van der Waals surface area contributed by atoms with Crippen LogP contribution in [0, 0.1) is 36.5 Å². The largest absolute Gasteiger partial charge is 0.472 e. The molecule has 0 aromatic heterocycles. The molecule has 0 fully saturated rings. The van der Waals surface area contributed by atoms with Gasteiger partial charge in [0.2, 0.25) is 0 Å². The predicted molar refractivity (Wildman–Crippen MR) is 83.5 cm³/mol. The third-order valence-corrected chi connectivity index (χ3v) is 3.83. The Hall–Kier alpha value is -2.98. The number of hydrogen-bond donors (Lipinski definition) is 0. The van der Waals surface area contributed by atoms with Crippen LogP contribution in [0.2, 0.25) is 0 Å². The van der Waals surface area contributed by atoms with Gasteiger partial charge in [-0.3, -0.25) is 0 Å². The number of fused-ring (bicyclic) bond motifs is 1. The van der Waals surface area contributed by atoms with E-state index in [1.54, 1.807) is 12.1 Å². The van der Waals surface area contributed by atoms with Crippen LogP contribution in [0.5, 0.6) is 5.75 Å². The summed E-state index contributed by atoms with van der Waals surface area (Å²) >= 11 is 0. The number of nitrogens with zero attached hydrogens (tertiary/aromatic N) is 3. The summed E-state index contributed by atoms with van der Waals surface area (Å²) in [7, 11) is 0. The maximum absolute atomic E-state index is 9.15. The van der Waals surface area contributed by atoms with Gasteiger partial charge in [0.25, 0.3) is 0 Å². The van der Waals surface area contributed by atoms with Crippen LogP contribution in [-0.4, -0.2) is 6.73 Å². The Bertz CT molecular complexity index is 827. The second-order valence-corrected chi connectivity index (χ2v) is 5.49. The Morgan fingerprint density at radius 3 is 2.55 bits per heavy atom. The van der Waals surface area contributed by atoms with Crippen molar-refractivity contribution >= 4 is 5.69 Å². The smallest absolute Gasteiger partial charge is 0.161 e. The highest BCUT2D eigenvalue weighted by atomic mass is 16.5. The van der Waals surface area contributed by atoms with E-state index < -0.39 is 0 Å². The molecule has 0 amide bonds. The van der Waals surface area contributed by atoms with Gasteiger partial charge >= 0.3 is 0 Å². The Morgan fingerprint density at radius 2 is 1.82 bits per heavy atom. The molecule has 2 aromatic rings. The monoisotopic (exact) mass is 289 g/mol. The highest BCUT2D eigenvalue weighted by molar-refractivity contribution is 5.59. The van der Waals surface area contributed by atoms with Crippen molar-refractivity contribution < 1.29 is 4.74 Å². The summed E-state index contributed by atoms with van der Waals surface area (Å²) < 4.78 is 5.88. The molecule has 2 aromatic carbocycles. The number of hydrogen-bond acceptors (Lipinski definition) is 4. The van der Waals surface area contributed by atoms with Gasteiger partial charge in [0.15, 0.2) is 6.73 Å². The molecule has 0 aliphatic carbocycles. The average molecular weight is 289 g/mol. The van der Waals surface area contributed by atoms with Crippen molar-refractivity contribution in [2.45, 2.75) is 20.4 Å². The lowest BCUT2D eigenvalue weighted by Crippen LogP contribution is -2.32. The molecular formula is C18H15N3O. The average Bonchev–Trinajstić information content (AvgIpc) is 2.53. The topological polar surface area (TPSA) is 60.0 Å². The number of aryl methyl sites for hydroxylation is 2. The van der Waals surface area contributed by atoms with E-state index in [2.05, 4.69) is 36.9 Å². The maximum Gasteiger partial charge on any atom is 0.161 e. The van der Waals surface area contributed by atoms with Gasteiger partial charge in [-0.05, 0) is 37.6 Å². The van der Waals surface area contributed by atoms with Gasteiger partial charge in [-0.2, -0.15) is 10.5 Å². The summed E-state index contributed by atoms with van der Waals surface area (Å²) in [4.78, 5) is 2.06. The SMILES string of the molecule is Cc1cc(C)c2c(c1)CN(c1ccc(C#N)c(C#N)c1)CO2. The molecule has 0 N–H and O–H groups in total. The highest BCUT2D eigenvalue weighted by Crippen LogP contribution is 2.32. The van der Waals surface area contributed by atoms with Crippen LogP contribution in [0.3, 0.4) is 0 Å². The summed E-state index contributed by atoms with van der Waals surface area (Å²) in [6.45, 7) is 5.29. The van der Waals surface area contributed by atoms with Crippen molar-refractivity contribution in [3.05, 3.63) is 58.1 Å². The first-order valence-corrected chi connectivity index (χ1v) is 7.04. The third-order valence-electron chi connectivity index (χ3n) is 3.83. The Labute approximate surface area is 129 Å². The Kier molecular flexibility index (Phi) is 3.45. The van der Waals surface area contributed by atoms with E-state index in [0.29, 0.717) is 17.9 Å². The zero-order chi connectivity index (χ0) is 15.7. The number of rotatable bonds is 1. The van der Waals surface area contributed by atoms with Crippen LogP contribution >= 0.6 is 0 Å². The number of benzene rings is 2. The zero-order valence-electron chi connectivity index (χ0n) is 12.6. The van der Waals surface area contributed by atoms with E-state index in [1.807, 2.05) is 12.1 Å². The summed E-state index contributed by atoms with van der Waals surface area (Å²) in [5.41, 5.74) is 5.18. The van der Waals surface area contributed by atoms with Crippen LogP contribution in [-0.2, 0) is 6.54 Å². The third kappa shape index (κ3) is 2.36. The lowest BCUT2D eigenvalue weighted by molar-refractivity contribution is 0.287. The lowest BCUT2D eigenvalue weighted by atomic mass is 10.0. The van der Waals surface area contributed by atoms with E-state index in [-0.39, 0.29) is 0 Å². The second kappa shape index (κ2) is 5.42. The van der Waals surface area contributed by atoms with Crippen LogP contribution in [0.25, 0.3) is 0 Å². The van der Waals surface area contributed by atoms with E-state index in [1.165, 1.54) is 5.56 Å². The molecule has 1 aliphatic rings. The highest BCUT2D eigenvalue weighted by Gasteiger charge is 2.20. The van der Waals surface area contributed by atoms with Crippen LogP contribution < -0.4 is 9.64 Å². The summed E-state index contributed by atoms with van der Waals surface area (Å²) in [6.07, 6.45) is 0. The van der Waals surface area contributed by atoms with Gasteiger partial charge in [0.1, 0.15) is 17.9 Å². The molecule has 3 rings (SSSR count). The van der Waals surface area contributed by atoms with E-state index in [9.17, 15) is 0 Å². The van der Waals surface area contributed by atoms with Crippen LogP contribution in [0.4, 0.5) is 5.69 Å². The van der Waals surface area contributed by atoms with Gasteiger partial charge in [-0.25, -0.2) is 0 Å². The molecule has 0 saturated carbocycles. The van der Waals surface area contributed by atoms with Crippen molar-refractivity contribution in [2.75, 3.05) is 11.6 Å². The fourth-order valence-electron chi connectivity index (χ4n) is 2.84. The fraction of sp³-hybridized carbons (Fsp3) is 0.222. The normalized spacial score (nSPS) is 12.8. The molecule has 4 nitrogen and oxygen atoms in total. The molecule has 0 spiro atoms. The van der Waals surface area contributed by atoms with Crippen molar-refractivity contribution in [2.24, 2.45) is 0 Å². The first-order valence-electron chi connectivity index (χ1n) is 7.04. The van der Waals surface area contributed by atoms with Crippen LogP contribution in [0.1, 0.15) is 27.8 Å². The minimum Gasteiger partial charge on any atom is -0.472 e. The van der Waals surface area contributed by atoms with Gasteiger partial charge in [-0.15, -0.1) is 0 Å². The molecule has 0 saturated heterocycles. The van der Waals surface area contributed by atoms with Gasteiger partial charge in [0, 0.05) is 17.8 Å². The quantitative estimate of drug-likeness (QED) is 0.807. The maximum atomic E-state index is 9.15. The number of anilines is 1. The number of nitriles is 2. The van der Waals surface area contributed by atoms with E-state index in [4.69, 9.17) is 15.3 Å². The Morgan fingerprint density at radius 1 is 1.05 bits per heavy atom. The standard InChI is InChI=1S/C18H15N3O/c1-12-5-13(2)18-16(6-12)10-21(11-22-18)17-4-3-14(8-19)15(7-17)9-20/h3-7H,10-11H2,1-2H3. The van der Waals surface area contributed by atoms with Crippen molar-refractivity contribution in [3.8, 4) is 17.9 Å². The molecule has 0 atom stereocenters. The first-order chi connectivity index (χ1) is 10.6. The zero-order valence-corrected chi connectivity index (χ0v) is 12.6. The van der Waals surface area contributed by atoms with Gasteiger partial charge in [-0.1, -0.05) is 17.7 Å². The fourth-order valence-corrected chi connectivity index (χ4v) is 2.84. The summed E-state index contributed by atoms with van der Waals surface area (Å²) in [5, 5.41) is 18.2. The lowest BCUT2D eigenvalue weighted by Gasteiger charge is -2.32. The molecule has 1 aliphatic heterocycles. The molecule has 108 valence electrons. The molecular weight excluding hydrogens is 274 g/mol. The Balaban J connectivity index is 1.96. The minimum atomic E-state index is 0.395. The molecule has 22 heavy (non-hydrogen) atoms. The predicted octanol–water partition coefficient (Wildman–Crippen LogP) is 3.40. The summed E-state index contributed by atoms with van der Waals surface area (Å²) in [5.74, 6) is 0.955. The van der Waals surface area contributed by atoms with E-state index in [0.717, 1.165) is 29.1 Å². The van der Waals surface area contributed by atoms with E-state index >= 15 is 0 Å². The van der Waals surface area contributed by atoms with Crippen molar-refractivity contribution in [1.82, 2.24) is 0 Å². The van der Waals surface area contributed by atoms with Gasteiger partial charge < -0.3 is 9.64 Å². The minimum absolute atomic E-state index is 0.395. The summed E-state index contributed by atoms with van der Waals surface area (Å²) in [6, 6.07) is 13.6. The van der Waals surface area contributed by atoms with Crippen LogP contribution in [0.15, 0.2) is 30.3 Å². The van der Waals surface area contributed by atoms with Crippen molar-refractivity contribution in [3.63, 3.8) is 0 Å². The first kappa shape index (κ1) is 14.0.